The highest BCUT2D eigenvalue weighted by Gasteiger charge is 2.26. The van der Waals surface area contributed by atoms with Gasteiger partial charge in [0.25, 0.3) is 5.91 Å². The van der Waals surface area contributed by atoms with E-state index in [1.807, 2.05) is 37.3 Å². The number of carbonyl (C=O) groups excluding carboxylic acids is 2. The van der Waals surface area contributed by atoms with Gasteiger partial charge in [0.1, 0.15) is 16.5 Å². The third-order valence-corrected chi connectivity index (χ3v) is 4.64. The lowest BCUT2D eigenvalue weighted by Gasteiger charge is -2.14. The number of amides is 1. The van der Waals surface area contributed by atoms with Crippen molar-refractivity contribution in [1.82, 2.24) is 9.78 Å². The van der Waals surface area contributed by atoms with E-state index in [4.69, 9.17) is 21.1 Å². The van der Waals surface area contributed by atoms with Gasteiger partial charge in [0.15, 0.2) is 6.10 Å². The van der Waals surface area contributed by atoms with Crippen LogP contribution in [0.25, 0.3) is 5.69 Å². The number of hydrogen-bond donors (Lipinski definition) is 1. The van der Waals surface area contributed by atoms with Crippen LogP contribution in [0.15, 0.2) is 54.6 Å². The molecule has 1 N–H and O–H groups in total. The maximum absolute atomic E-state index is 12.7. The molecule has 8 heteroatoms. The monoisotopic (exact) mass is 427 g/mol. The number of aromatic nitrogens is 2. The lowest BCUT2D eigenvalue weighted by atomic mass is 10.2. The summed E-state index contributed by atoms with van der Waals surface area (Å²) in [5.74, 6) is -0.471. The van der Waals surface area contributed by atoms with Gasteiger partial charge in [-0.1, -0.05) is 29.8 Å². The molecule has 0 radical (unpaired) electrons. The number of nitrogens with one attached hydrogen (secondary N) is 1. The second-order valence-electron chi connectivity index (χ2n) is 6.49. The van der Waals surface area contributed by atoms with Crippen molar-refractivity contribution in [3.05, 3.63) is 71.0 Å². The molecule has 1 aromatic heterocycles. The summed E-state index contributed by atoms with van der Waals surface area (Å²) in [6.45, 7) is 5.60. The molecule has 0 saturated carbocycles. The van der Waals surface area contributed by atoms with Crippen LogP contribution in [0.3, 0.4) is 0 Å². The van der Waals surface area contributed by atoms with E-state index in [0.717, 1.165) is 0 Å². The fourth-order valence-corrected chi connectivity index (χ4v) is 3.14. The molecule has 1 heterocycles. The lowest BCUT2D eigenvalue weighted by Crippen LogP contribution is -2.30. The van der Waals surface area contributed by atoms with Crippen LogP contribution in [0, 0.1) is 6.92 Å². The molecule has 0 saturated heterocycles. The molecule has 30 heavy (non-hydrogen) atoms. The van der Waals surface area contributed by atoms with Crippen LogP contribution in [-0.2, 0) is 9.53 Å². The van der Waals surface area contributed by atoms with Gasteiger partial charge in [-0.05, 0) is 57.2 Å². The molecule has 0 spiro atoms. The number of nitrogens with zero attached hydrogens (tertiary/aromatic N) is 2. The number of para-hydroxylation sites is 1. The summed E-state index contributed by atoms with van der Waals surface area (Å²) < 4.78 is 12.2. The molecule has 1 unspecified atom stereocenters. The van der Waals surface area contributed by atoms with Crippen LogP contribution in [0.4, 0.5) is 5.69 Å². The summed E-state index contributed by atoms with van der Waals surface area (Å²) in [6.07, 6.45) is -1.03. The molecule has 2 aromatic carbocycles. The number of rotatable bonds is 7. The number of esters is 1. The minimum Gasteiger partial charge on any atom is -0.494 e. The summed E-state index contributed by atoms with van der Waals surface area (Å²) >= 11 is 6.38. The Balaban J connectivity index is 1.68. The summed E-state index contributed by atoms with van der Waals surface area (Å²) in [5, 5.41) is 7.15. The zero-order valence-electron chi connectivity index (χ0n) is 16.9. The van der Waals surface area contributed by atoms with Gasteiger partial charge < -0.3 is 14.8 Å². The van der Waals surface area contributed by atoms with Crippen molar-refractivity contribution in [3.8, 4) is 11.4 Å². The first-order chi connectivity index (χ1) is 14.4. The predicted molar refractivity (Wildman–Crippen MR) is 114 cm³/mol. The Morgan fingerprint density at radius 1 is 1.13 bits per heavy atom. The topological polar surface area (TPSA) is 82.4 Å². The number of hydrogen-bond acceptors (Lipinski definition) is 5. The van der Waals surface area contributed by atoms with E-state index in [1.165, 1.54) is 11.6 Å². The molecule has 0 aliphatic rings. The maximum Gasteiger partial charge on any atom is 0.344 e. The van der Waals surface area contributed by atoms with E-state index in [-0.39, 0.29) is 10.7 Å². The summed E-state index contributed by atoms with van der Waals surface area (Å²) in [6, 6.07) is 16.1. The minimum absolute atomic E-state index is 0.126. The van der Waals surface area contributed by atoms with Crippen LogP contribution in [0.5, 0.6) is 5.75 Å². The molecule has 3 aromatic rings. The normalized spacial score (nSPS) is 11.6. The fourth-order valence-electron chi connectivity index (χ4n) is 2.79. The highest BCUT2D eigenvalue weighted by Crippen LogP contribution is 2.25. The van der Waals surface area contributed by atoms with E-state index >= 15 is 0 Å². The third-order valence-electron chi connectivity index (χ3n) is 4.29. The largest absolute Gasteiger partial charge is 0.494 e. The molecule has 0 fully saturated rings. The number of ether oxygens (including phenoxy) is 2. The minimum atomic E-state index is -1.03. The van der Waals surface area contributed by atoms with Gasteiger partial charge in [-0.2, -0.15) is 5.10 Å². The van der Waals surface area contributed by atoms with Crippen molar-refractivity contribution in [1.29, 1.82) is 0 Å². The fraction of sp³-hybridized carbons (Fsp3) is 0.227. The molecule has 156 valence electrons. The standard InChI is InChI=1S/C22H22ClN3O4/c1-4-29-18-12-10-16(11-13-18)24-21(27)15(3)30-22(28)19-14(2)25-26(20(19)23)17-8-6-5-7-9-17/h5-13,15H,4H2,1-3H3,(H,24,27). The molecular formula is C22H22ClN3O4. The number of halogens is 1. The Kier molecular flexibility index (Phi) is 6.74. The van der Waals surface area contributed by atoms with Gasteiger partial charge in [0.2, 0.25) is 0 Å². The van der Waals surface area contributed by atoms with Gasteiger partial charge in [0.05, 0.1) is 18.0 Å². The second-order valence-corrected chi connectivity index (χ2v) is 6.85. The lowest BCUT2D eigenvalue weighted by molar-refractivity contribution is -0.123. The predicted octanol–water partition coefficient (Wildman–Crippen LogP) is 4.42. The molecule has 7 nitrogen and oxygen atoms in total. The third kappa shape index (κ3) is 4.80. The van der Waals surface area contributed by atoms with Crippen LogP contribution >= 0.6 is 11.6 Å². The summed E-state index contributed by atoms with van der Waals surface area (Å²) in [4.78, 5) is 25.1. The smallest absolute Gasteiger partial charge is 0.344 e. The average molecular weight is 428 g/mol. The Hall–Kier alpha value is -3.32. The van der Waals surface area contributed by atoms with Crippen molar-refractivity contribution in [2.24, 2.45) is 0 Å². The highest BCUT2D eigenvalue weighted by atomic mass is 35.5. The molecular weight excluding hydrogens is 406 g/mol. The van der Waals surface area contributed by atoms with Crippen LogP contribution < -0.4 is 10.1 Å². The summed E-state index contributed by atoms with van der Waals surface area (Å²) in [5.41, 5.74) is 1.82. The van der Waals surface area contributed by atoms with Crippen molar-refractivity contribution in [2.75, 3.05) is 11.9 Å². The first-order valence-corrected chi connectivity index (χ1v) is 9.83. The number of anilines is 1. The molecule has 1 amide bonds. The van der Waals surface area contributed by atoms with Gasteiger partial charge in [-0.15, -0.1) is 0 Å². The first-order valence-electron chi connectivity index (χ1n) is 9.46. The number of aryl methyl sites for hydroxylation is 1. The summed E-state index contributed by atoms with van der Waals surface area (Å²) in [7, 11) is 0. The Labute approximate surface area is 179 Å². The van der Waals surface area contributed by atoms with Gasteiger partial charge in [-0.25, -0.2) is 9.48 Å². The van der Waals surface area contributed by atoms with E-state index in [9.17, 15) is 9.59 Å². The Morgan fingerprint density at radius 3 is 2.43 bits per heavy atom. The maximum atomic E-state index is 12.7. The first kappa shape index (κ1) is 21.4. The number of benzene rings is 2. The van der Waals surface area contributed by atoms with Gasteiger partial charge >= 0.3 is 5.97 Å². The van der Waals surface area contributed by atoms with Crippen LogP contribution in [0.2, 0.25) is 5.15 Å². The van der Waals surface area contributed by atoms with Gasteiger partial charge in [-0.3, -0.25) is 4.79 Å². The van der Waals surface area contributed by atoms with Crippen LogP contribution in [-0.4, -0.2) is 34.4 Å². The quantitative estimate of drug-likeness (QED) is 0.564. The molecule has 0 aliphatic carbocycles. The molecule has 0 bridgehead atoms. The van der Waals surface area contributed by atoms with E-state index < -0.39 is 18.0 Å². The van der Waals surface area contributed by atoms with Gasteiger partial charge in [0, 0.05) is 5.69 Å². The molecule has 0 aliphatic heterocycles. The van der Waals surface area contributed by atoms with E-state index in [2.05, 4.69) is 10.4 Å². The molecule has 3 rings (SSSR count). The van der Waals surface area contributed by atoms with Crippen molar-refractivity contribution in [2.45, 2.75) is 26.9 Å². The molecule has 1 atom stereocenters. The van der Waals surface area contributed by atoms with E-state index in [0.29, 0.717) is 29.4 Å². The second kappa shape index (κ2) is 9.45. The Morgan fingerprint density at radius 2 is 1.80 bits per heavy atom. The number of carbonyl (C=O) groups is 2. The highest BCUT2D eigenvalue weighted by molar-refractivity contribution is 6.33. The average Bonchev–Trinajstić information content (AvgIpc) is 3.04. The zero-order chi connectivity index (χ0) is 21.7. The zero-order valence-corrected chi connectivity index (χ0v) is 17.6. The van der Waals surface area contributed by atoms with Crippen molar-refractivity contribution >= 4 is 29.2 Å². The van der Waals surface area contributed by atoms with Crippen molar-refractivity contribution in [3.63, 3.8) is 0 Å². The van der Waals surface area contributed by atoms with Crippen molar-refractivity contribution < 1.29 is 19.1 Å². The Bertz CT molecular complexity index is 1030. The van der Waals surface area contributed by atoms with E-state index in [1.54, 1.807) is 31.2 Å². The SMILES string of the molecule is CCOc1ccc(NC(=O)C(C)OC(=O)c2c(C)nn(-c3ccccc3)c2Cl)cc1. The van der Waals surface area contributed by atoms with Crippen LogP contribution in [0.1, 0.15) is 29.9 Å².